The van der Waals surface area contributed by atoms with Gasteiger partial charge >= 0.3 is 0 Å². The van der Waals surface area contributed by atoms with E-state index >= 15 is 0 Å². The Kier molecular flexibility index (Phi) is 6.57. The first-order valence-corrected chi connectivity index (χ1v) is 11.4. The number of amides is 1. The number of methoxy groups -OCH3 is 1. The number of carbonyl (C=O) groups is 1. The number of ether oxygens (including phenoxy) is 1. The summed E-state index contributed by atoms with van der Waals surface area (Å²) >= 11 is 5.34. The molecule has 1 atom stereocenters. The van der Waals surface area contributed by atoms with Gasteiger partial charge in [-0.2, -0.15) is 0 Å². The summed E-state index contributed by atoms with van der Waals surface area (Å²) in [5.41, 5.74) is 3.59. The number of rotatable bonds is 5. The van der Waals surface area contributed by atoms with Crippen LogP contribution in [0.3, 0.4) is 0 Å². The molecule has 1 aliphatic heterocycles. The zero-order valence-corrected chi connectivity index (χ0v) is 20.6. The molecule has 2 N–H and O–H groups in total. The van der Waals surface area contributed by atoms with Gasteiger partial charge in [0, 0.05) is 32.9 Å². The van der Waals surface area contributed by atoms with Gasteiger partial charge in [0.25, 0.3) is 11.5 Å². The highest BCUT2D eigenvalue weighted by Gasteiger charge is 2.33. The Morgan fingerprint density at radius 2 is 2.07 bits per heavy atom. The lowest BCUT2D eigenvalue weighted by Gasteiger charge is -2.27. The molecule has 2 heterocycles. The SMILES string of the molecule is COc1cc(C)[nH]c(=O)c1CNC(=O)c1cc(Br)cc2c1C(C)CN2SC(C)(C)C. The summed E-state index contributed by atoms with van der Waals surface area (Å²) < 4.78 is 8.52. The Balaban J connectivity index is 1.90. The molecule has 1 amide bonds. The summed E-state index contributed by atoms with van der Waals surface area (Å²) in [4.78, 5) is 28.2. The van der Waals surface area contributed by atoms with Gasteiger partial charge in [0.2, 0.25) is 0 Å². The van der Waals surface area contributed by atoms with Gasteiger partial charge in [-0.05, 0) is 63.4 Å². The van der Waals surface area contributed by atoms with E-state index in [9.17, 15) is 9.59 Å². The molecule has 1 aromatic carbocycles. The lowest BCUT2D eigenvalue weighted by atomic mass is 9.97. The van der Waals surface area contributed by atoms with Gasteiger partial charge in [-0.1, -0.05) is 22.9 Å². The van der Waals surface area contributed by atoms with Crippen molar-refractivity contribution in [2.75, 3.05) is 18.0 Å². The molecule has 8 heteroatoms. The monoisotopic (exact) mass is 493 g/mol. The molecule has 0 bridgehead atoms. The van der Waals surface area contributed by atoms with E-state index in [0.29, 0.717) is 22.6 Å². The van der Waals surface area contributed by atoms with Crippen molar-refractivity contribution in [1.29, 1.82) is 0 Å². The number of carbonyl (C=O) groups excluding carboxylic acids is 1. The fraction of sp³-hybridized carbons (Fsp3) is 0.455. The molecule has 30 heavy (non-hydrogen) atoms. The number of fused-ring (bicyclic) bond motifs is 1. The summed E-state index contributed by atoms with van der Waals surface area (Å²) in [5, 5.41) is 2.91. The Morgan fingerprint density at radius 1 is 1.37 bits per heavy atom. The largest absolute Gasteiger partial charge is 0.496 e. The van der Waals surface area contributed by atoms with Crippen LogP contribution in [0.2, 0.25) is 0 Å². The number of benzene rings is 1. The van der Waals surface area contributed by atoms with Crippen LogP contribution in [-0.2, 0) is 6.54 Å². The molecular formula is C22H28BrN3O3S. The Hall–Kier alpha value is -1.93. The molecule has 1 aliphatic rings. The van der Waals surface area contributed by atoms with Crippen molar-refractivity contribution in [3.63, 3.8) is 0 Å². The average Bonchev–Trinajstić information content (AvgIpc) is 2.93. The second-order valence-electron chi connectivity index (χ2n) is 8.56. The number of pyridine rings is 1. The normalized spacial score (nSPS) is 15.8. The van der Waals surface area contributed by atoms with E-state index in [1.165, 1.54) is 7.11 Å². The standard InChI is InChI=1S/C22H28BrN3O3S/c1-12-11-26(30-22(3,4)5)17-9-14(23)8-15(19(12)17)20(27)24-10-16-18(29-6)7-13(2)25-21(16)28/h7-9,12H,10-11H2,1-6H3,(H,24,27)(H,25,28). The van der Waals surface area contributed by atoms with Gasteiger partial charge in [-0.25, -0.2) is 0 Å². The lowest BCUT2D eigenvalue weighted by Crippen LogP contribution is -2.28. The minimum absolute atomic E-state index is 0.0646. The van der Waals surface area contributed by atoms with E-state index in [4.69, 9.17) is 4.74 Å². The van der Waals surface area contributed by atoms with Crippen LogP contribution in [0.25, 0.3) is 0 Å². The number of nitrogens with zero attached hydrogens (tertiary/aromatic N) is 1. The first-order valence-electron chi connectivity index (χ1n) is 9.85. The maximum Gasteiger partial charge on any atom is 0.256 e. The molecule has 6 nitrogen and oxygen atoms in total. The number of aromatic amines is 1. The smallest absolute Gasteiger partial charge is 0.256 e. The fourth-order valence-corrected chi connectivity index (χ4v) is 5.33. The van der Waals surface area contributed by atoms with Gasteiger partial charge in [0.15, 0.2) is 0 Å². The predicted molar refractivity (Wildman–Crippen MR) is 127 cm³/mol. The maximum absolute atomic E-state index is 13.1. The zero-order valence-electron chi connectivity index (χ0n) is 18.2. The van der Waals surface area contributed by atoms with E-state index < -0.39 is 0 Å². The number of hydrogen-bond donors (Lipinski definition) is 2. The highest BCUT2D eigenvalue weighted by atomic mass is 79.9. The van der Waals surface area contributed by atoms with Gasteiger partial charge in [0.05, 0.1) is 24.9 Å². The molecule has 0 aliphatic carbocycles. The van der Waals surface area contributed by atoms with E-state index in [1.807, 2.05) is 6.07 Å². The molecule has 0 saturated carbocycles. The number of aryl methyl sites for hydroxylation is 1. The van der Waals surface area contributed by atoms with Crippen LogP contribution in [0.15, 0.2) is 27.5 Å². The van der Waals surface area contributed by atoms with Crippen LogP contribution in [0.1, 0.15) is 60.8 Å². The molecule has 0 radical (unpaired) electrons. The molecule has 0 fully saturated rings. The molecule has 1 aromatic heterocycles. The van der Waals surface area contributed by atoms with Gasteiger partial charge < -0.3 is 19.3 Å². The van der Waals surface area contributed by atoms with Crippen LogP contribution in [0.4, 0.5) is 5.69 Å². The van der Waals surface area contributed by atoms with Crippen molar-refractivity contribution < 1.29 is 9.53 Å². The minimum atomic E-state index is -0.257. The van der Waals surface area contributed by atoms with Gasteiger partial charge in [-0.15, -0.1) is 0 Å². The van der Waals surface area contributed by atoms with Crippen LogP contribution in [-0.4, -0.2) is 29.3 Å². The molecule has 0 saturated heterocycles. The molecule has 1 unspecified atom stereocenters. The highest BCUT2D eigenvalue weighted by molar-refractivity contribution is 9.10. The number of nitrogens with one attached hydrogen (secondary N) is 2. The van der Waals surface area contributed by atoms with E-state index in [1.54, 1.807) is 24.9 Å². The Labute approximate surface area is 190 Å². The van der Waals surface area contributed by atoms with Crippen molar-refractivity contribution in [3.05, 3.63) is 55.4 Å². The third-order valence-corrected chi connectivity index (χ3v) is 6.40. The first-order chi connectivity index (χ1) is 14.0. The molecular weight excluding hydrogens is 466 g/mol. The quantitative estimate of drug-likeness (QED) is 0.587. The average molecular weight is 494 g/mol. The van der Waals surface area contributed by atoms with Crippen molar-refractivity contribution in [3.8, 4) is 5.75 Å². The molecule has 162 valence electrons. The molecule has 0 spiro atoms. The van der Waals surface area contributed by atoms with Gasteiger partial charge in [0.1, 0.15) is 5.75 Å². The second-order valence-corrected chi connectivity index (χ2v) is 11.3. The summed E-state index contributed by atoms with van der Waals surface area (Å²) in [5.74, 6) is 0.488. The second kappa shape index (κ2) is 8.67. The Bertz CT molecular complexity index is 1030. The lowest BCUT2D eigenvalue weighted by molar-refractivity contribution is 0.0949. The van der Waals surface area contributed by atoms with E-state index in [0.717, 1.165) is 22.3 Å². The minimum Gasteiger partial charge on any atom is -0.496 e. The van der Waals surface area contributed by atoms with Crippen LogP contribution < -0.4 is 19.9 Å². The highest BCUT2D eigenvalue weighted by Crippen LogP contribution is 2.46. The van der Waals surface area contributed by atoms with Crippen molar-refractivity contribution in [2.45, 2.75) is 51.8 Å². The third-order valence-electron chi connectivity index (χ3n) is 4.83. The summed E-state index contributed by atoms with van der Waals surface area (Å²) in [6.45, 7) is 11.4. The topological polar surface area (TPSA) is 74.4 Å². The van der Waals surface area contributed by atoms with Crippen molar-refractivity contribution >= 4 is 39.5 Å². The maximum atomic E-state index is 13.1. The van der Waals surface area contributed by atoms with E-state index in [-0.39, 0.29) is 28.7 Å². The number of H-pyrrole nitrogens is 1. The van der Waals surface area contributed by atoms with Gasteiger partial charge in [-0.3, -0.25) is 9.59 Å². The predicted octanol–water partition coefficient (Wildman–Crippen LogP) is 4.75. The van der Waals surface area contributed by atoms with Crippen molar-refractivity contribution in [1.82, 2.24) is 10.3 Å². The van der Waals surface area contributed by atoms with Crippen LogP contribution in [0.5, 0.6) is 5.75 Å². The van der Waals surface area contributed by atoms with Crippen LogP contribution in [0, 0.1) is 6.92 Å². The Morgan fingerprint density at radius 3 is 2.70 bits per heavy atom. The fourth-order valence-electron chi connectivity index (χ4n) is 3.67. The number of halogens is 1. The summed E-state index contributed by atoms with van der Waals surface area (Å²) in [7, 11) is 1.52. The van der Waals surface area contributed by atoms with E-state index in [2.05, 4.69) is 64.3 Å². The number of hydrogen-bond acceptors (Lipinski definition) is 5. The molecule has 2 aromatic rings. The number of aromatic nitrogens is 1. The molecule has 3 rings (SSSR count). The first kappa shape index (κ1) is 22.7. The summed E-state index contributed by atoms with van der Waals surface area (Å²) in [6.07, 6.45) is 0. The zero-order chi connectivity index (χ0) is 22.2. The summed E-state index contributed by atoms with van der Waals surface area (Å²) in [6, 6.07) is 5.68. The van der Waals surface area contributed by atoms with Crippen molar-refractivity contribution in [2.24, 2.45) is 0 Å². The number of anilines is 1. The van der Waals surface area contributed by atoms with Crippen LogP contribution >= 0.6 is 27.9 Å². The third kappa shape index (κ3) is 4.86.